The van der Waals surface area contributed by atoms with Gasteiger partial charge in [-0.25, -0.2) is 0 Å². The number of amides is 1. The molecular formula is C22H30N4O2. The zero-order valence-corrected chi connectivity index (χ0v) is 16.5. The van der Waals surface area contributed by atoms with E-state index in [1.807, 2.05) is 18.2 Å². The number of hydrogen-bond acceptors (Lipinski definition) is 3. The molecular weight excluding hydrogens is 352 g/mol. The molecule has 2 saturated carbocycles. The van der Waals surface area contributed by atoms with Crippen LogP contribution >= 0.6 is 0 Å². The molecule has 2 aliphatic carbocycles. The van der Waals surface area contributed by atoms with Gasteiger partial charge < -0.3 is 20.7 Å². The van der Waals surface area contributed by atoms with Crippen LogP contribution in [0.15, 0.2) is 29.3 Å². The fourth-order valence-corrected chi connectivity index (χ4v) is 5.79. The number of carbonyl (C=O) groups is 1. The number of benzene rings is 1. The van der Waals surface area contributed by atoms with Crippen molar-refractivity contribution in [2.75, 3.05) is 25.0 Å². The van der Waals surface area contributed by atoms with Crippen LogP contribution in [0.5, 0.6) is 0 Å². The van der Waals surface area contributed by atoms with Gasteiger partial charge in [-0.15, -0.1) is 0 Å². The normalized spacial score (nSPS) is 32.6. The first-order valence-corrected chi connectivity index (χ1v) is 10.8. The molecule has 3 N–H and O–H groups in total. The lowest BCUT2D eigenvalue weighted by molar-refractivity contribution is -0.171. The van der Waals surface area contributed by atoms with Gasteiger partial charge in [-0.05, 0) is 37.8 Å². The first-order chi connectivity index (χ1) is 13.7. The van der Waals surface area contributed by atoms with Crippen LogP contribution in [0.1, 0.15) is 50.5 Å². The molecule has 0 radical (unpaired) electrons. The van der Waals surface area contributed by atoms with E-state index < -0.39 is 0 Å². The third kappa shape index (κ3) is 2.81. The summed E-state index contributed by atoms with van der Waals surface area (Å²) in [6, 6.07) is 8.54. The van der Waals surface area contributed by atoms with Gasteiger partial charge in [0.25, 0.3) is 0 Å². The Morgan fingerprint density at radius 3 is 3.00 bits per heavy atom. The molecule has 5 rings (SSSR count). The van der Waals surface area contributed by atoms with Crippen LogP contribution < -0.4 is 16.0 Å². The van der Waals surface area contributed by atoms with Gasteiger partial charge >= 0.3 is 0 Å². The molecule has 1 spiro atoms. The zero-order valence-electron chi connectivity index (χ0n) is 16.5. The SMILES string of the molecule is CCNC(=NCC1CC(=O)Nc2ccccc21)NC1C2CCOC2C12CCC2. The van der Waals surface area contributed by atoms with Gasteiger partial charge in [0.1, 0.15) is 0 Å². The Bertz CT molecular complexity index is 788. The average molecular weight is 383 g/mol. The van der Waals surface area contributed by atoms with Gasteiger partial charge in [0, 0.05) is 48.6 Å². The molecule has 6 nitrogen and oxygen atoms in total. The van der Waals surface area contributed by atoms with Crippen molar-refractivity contribution in [3.63, 3.8) is 0 Å². The Hall–Kier alpha value is -2.08. The number of anilines is 1. The van der Waals surface area contributed by atoms with Gasteiger partial charge in [-0.2, -0.15) is 0 Å². The number of ether oxygens (including phenoxy) is 1. The lowest BCUT2D eigenvalue weighted by Gasteiger charge is -2.63. The van der Waals surface area contributed by atoms with E-state index in [4.69, 9.17) is 9.73 Å². The second-order valence-corrected chi connectivity index (χ2v) is 8.71. The van der Waals surface area contributed by atoms with E-state index in [1.54, 1.807) is 0 Å². The number of carbonyl (C=O) groups excluding carboxylic acids is 1. The highest BCUT2D eigenvalue weighted by Gasteiger charge is 2.66. The Kier molecular flexibility index (Phi) is 4.54. The smallest absolute Gasteiger partial charge is 0.225 e. The van der Waals surface area contributed by atoms with Crippen LogP contribution in [-0.2, 0) is 9.53 Å². The highest BCUT2D eigenvalue weighted by molar-refractivity contribution is 5.94. The minimum absolute atomic E-state index is 0.0789. The van der Waals surface area contributed by atoms with Crippen LogP contribution in [0, 0.1) is 11.3 Å². The van der Waals surface area contributed by atoms with Crippen LogP contribution in [0.4, 0.5) is 5.69 Å². The fraction of sp³-hybridized carbons (Fsp3) is 0.636. The minimum atomic E-state index is 0.0789. The minimum Gasteiger partial charge on any atom is -0.377 e. The number of rotatable bonds is 4. The number of para-hydroxylation sites is 1. The van der Waals surface area contributed by atoms with Gasteiger partial charge in [0.05, 0.1) is 12.6 Å². The monoisotopic (exact) mass is 382 g/mol. The fourth-order valence-electron chi connectivity index (χ4n) is 5.79. The molecule has 3 fully saturated rings. The summed E-state index contributed by atoms with van der Waals surface area (Å²) >= 11 is 0. The molecule has 4 atom stereocenters. The number of nitrogens with one attached hydrogen (secondary N) is 3. The van der Waals surface area contributed by atoms with Gasteiger partial charge in [0.15, 0.2) is 5.96 Å². The average Bonchev–Trinajstić information content (AvgIpc) is 3.07. The predicted molar refractivity (Wildman–Crippen MR) is 109 cm³/mol. The van der Waals surface area contributed by atoms with Crippen molar-refractivity contribution in [2.24, 2.45) is 16.3 Å². The topological polar surface area (TPSA) is 74.8 Å². The van der Waals surface area contributed by atoms with E-state index in [2.05, 4.69) is 28.9 Å². The largest absolute Gasteiger partial charge is 0.377 e. The van der Waals surface area contributed by atoms with Gasteiger partial charge in [-0.1, -0.05) is 24.6 Å². The molecule has 2 aliphatic heterocycles. The van der Waals surface area contributed by atoms with Crippen molar-refractivity contribution in [1.82, 2.24) is 10.6 Å². The molecule has 1 amide bonds. The van der Waals surface area contributed by atoms with E-state index in [0.29, 0.717) is 36.4 Å². The summed E-state index contributed by atoms with van der Waals surface area (Å²) in [4.78, 5) is 17.0. The van der Waals surface area contributed by atoms with Crippen LogP contribution in [0.25, 0.3) is 0 Å². The summed E-state index contributed by atoms with van der Waals surface area (Å²) < 4.78 is 6.04. The van der Waals surface area contributed by atoms with Crippen molar-refractivity contribution < 1.29 is 9.53 Å². The summed E-state index contributed by atoms with van der Waals surface area (Å²) in [5.74, 6) is 1.70. The van der Waals surface area contributed by atoms with Crippen molar-refractivity contribution in [3.8, 4) is 0 Å². The van der Waals surface area contributed by atoms with Crippen LogP contribution in [0.3, 0.4) is 0 Å². The molecule has 1 aromatic rings. The predicted octanol–water partition coefficient (Wildman–Crippen LogP) is 2.63. The van der Waals surface area contributed by atoms with E-state index in [9.17, 15) is 4.79 Å². The number of aliphatic imine (C=N–C) groups is 1. The first-order valence-electron chi connectivity index (χ1n) is 10.8. The summed E-state index contributed by atoms with van der Waals surface area (Å²) in [5.41, 5.74) is 2.44. The van der Waals surface area contributed by atoms with Crippen molar-refractivity contribution in [3.05, 3.63) is 29.8 Å². The quantitative estimate of drug-likeness (QED) is 0.553. The maximum absolute atomic E-state index is 12.1. The number of nitrogens with zero attached hydrogens (tertiary/aromatic N) is 1. The molecule has 4 aliphatic rings. The summed E-state index contributed by atoms with van der Waals surface area (Å²) in [5, 5.41) is 10.1. The van der Waals surface area contributed by atoms with Gasteiger partial charge in [-0.3, -0.25) is 9.79 Å². The highest BCUT2D eigenvalue weighted by atomic mass is 16.5. The molecule has 4 unspecified atom stereocenters. The first kappa shape index (κ1) is 18.0. The van der Waals surface area contributed by atoms with E-state index in [-0.39, 0.29) is 11.8 Å². The summed E-state index contributed by atoms with van der Waals surface area (Å²) in [6.07, 6.45) is 5.94. The molecule has 6 heteroatoms. The molecule has 1 saturated heterocycles. The van der Waals surface area contributed by atoms with E-state index in [1.165, 1.54) is 24.8 Å². The van der Waals surface area contributed by atoms with Crippen LogP contribution in [0.2, 0.25) is 0 Å². The molecule has 28 heavy (non-hydrogen) atoms. The third-order valence-corrected chi connectivity index (χ3v) is 7.25. The second-order valence-electron chi connectivity index (χ2n) is 8.71. The number of guanidine groups is 1. The molecule has 150 valence electrons. The lowest BCUT2D eigenvalue weighted by Crippen LogP contribution is -2.72. The summed E-state index contributed by atoms with van der Waals surface area (Å²) in [7, 11) is 0. The molecule has 1 aromatic carbocycles. The Morgan fingerprint density at radius 2 is 2.21 bits per heavy atom. The molecule has 2 heterocycles. The third-order valence-electron chi connectivity index (χ3n) is 7.25. The van der Waals surface area contributed by atoms with E-state index >= 15 is 0 Å². The maximum Gasteiger partial charge on any atom is 0.225 e. The van der Waals surface area contributed by atoms with Crippen molar-refractivity contribution in [2.45, 2.75) is 57.1 Å². The van der Waals surface area contributed by atoms with E-state index in [0.717, 1.165) is 31.2 Å². The lowest BCUT2D eigenvalue weighted by atomic mass is 9.46. The standard InChI is InChI=1S/C22H30N4O2/c1-2-23-21(26-19-16-8-11-28-20(16)22(19)9-5-10-22)24-13-14-12-18(27)25-17-7-4-3-6-15(14)17/h3-4,6-7,14,16,19-20H,2,5,8-13H2,1H3,(H,25,27)(H2,23,24,26). The maximum atomic E-state index is 12.1. The highest BCUT2D eigenvalue weighted by Crippen LogP contribution is 2.62. The Morgan fingerprint density at radius 1 is 1.36 bits per heavy atom. The zero-order chi connectivity index (χ0) is 19.1. The van der Waals surface area contributed by atoms with Gasteiger partial charge in [0.2, 0.25) is 5.91 Å². The summed E-state index contributed by atoms with van der Waals surface area (Å²) in [6.45, 7) is 4.45. The molecule has 0 bridgehead atoms. The van der Waals surface area contributed by atoms with Crippen LogP contribution in [-0.4, -0.2) is 43.7 Å². The molecule has 0 aromatic heterocycles. The Labute approximate surface area is 166 Å². The van der Waals surface area contributed by atoms with Crippen molar-refractivity contribution in [1.29, 1.82) is 0 Å². The van der Waals surface area contributed by atoms with Crippen molar-refractivity contribution >= 4 is 17.6 Å². The number of hydrogen-bond donors (Lipinski definition) is 3. The number of fused-ring (bicyclic) bond motifs is 3. The Balaban J connectivity index is 1.32. The second kappa shape index (κ2) is 7.07.